The number of aryl methyl sites for hydroxylation is 1. The molecule has 1 unspecified atom stereocenters. The van der Waals surface area contributed by atoms with Gasteiger partial charge in [0, 0.05) is 0 Å². The first kappa shape index (κ1) is 9.29. The maximum absolute atomic E-state index is 5.62. The lowest BCUT2D eigenvalue weighted by Crippen LogP contribution is -2.06. The molecular formula is C8H10N4OS. The summed E-state index contributed by atoms with van der Waals surface area (Å²) in [7, 11) is 0. The fraction of sp³-hybridized carbons (Fsp3) is 0.375. The third-order valence-corrected chi connectivity index (χ3v) is 2.71. The summed E-state index contributed by atoms with van der Waals surface area (Å²) in [6, 6.07) is -0.208. The van der Waals surface area contributed by atoms with Crippen LogP contribution in [-0.4, -0.2) is 15.1 Å². The number of hydrogen-bond acceptors (Lipinski definition) is 6. The summed E-state index contributed by atoms with van der Waals surface area (Å²) in [5.74, 6) is 1.02. The van der Waals surface area contributed by atoms with Gasteiger partial charge in [0.2, 0.25) is 0 Å². The summed E-state index contributed by atoms with van der Waals surface area (Å²) in [6.45, 7) is 3.72. The van der Waals surface area contributed by atoms with Crippen molar-refractivity contribution in [3.63, 3.8) is 0 Å². The minimum absolute atomic E-state index is 0.208. The van der Waals surface area contributed by atoms with Crippen LogP contribution in [0.2, 0.25) is 0 Å². The van der Waals surface area contributed by atoms with Gasteiger partial charge < -0.3 is 10.3 Å². The van der Waals surface area contributed by atoms with E-state index in [1.807, 2.05) is 13.8 Å². The van der Waals surface area contributed by atoms with E-state index >= 15 is 0 Å². The van der Waals surface area contributed by atoms with Crippen LogP contribution in [0, 0.1) is 6.92 Å². The van der Waals surface area contributed by atoms with E-state index in [1.54, 1.807) is 5.51 Å². The van der Waals surface area contributed by atoms with Crippen molar-refractivity contribution in [2.75, 3.05) is 0 Å². The molecule has 2 N–H and O–H groups in total. The van der Waals surface area contributed by atoms with Gasteiger partial charge in [-0.05, 0) is 13.8 Å². The lowest BCUT2D eigenvalue weighted by molar-refractivity contribution is 0.418. The minimum Gasteiger partial charge on any atom is -0.333 e. The molecule has 14 heavy (non-hydrogen) atoms. The van der Waals surface area contributed by atoms with Gasteiger partial charge in [0.1, 0.15) is 4.88 Å². The summed E-state index contributed by atoms with van der Waals surface area (Å²) in [4.78, 5) is 9.19. The van der Waals surface area contributed by atoms with Crippen molar-refractivity contribution in [3.05, 3.63) is 17.0 Å². The largest absolute Gasteiger partial charge is 0.333 e. The zero-order chi connectivity index (χ0) is 10.1. The van der Waals surface area contributed by atoms with Crippen molar-refractivity contribution in [2.45, 2.75) is 19.9 Å². The van der Waals surface area contributed by atoms with Gasteiger partial charge >= 0.3 is 0 Å². The van der Waals surface area contributed by atoms with Crippen LogP contribution in [-0.2, 0) is 0 Å². The van der Waals surface area contributed by atoms with Gasteiger partial charge in [-0.25, -0.2) is 4.98 Å². The highest BCUT2D eigenvalue weighted by molar-refractivity contribution is 7.13. The number of aromatic nitrogens is 3. The van der Waals surface area contributed by atoms with Crippen molar-refractivity contribution in [1.82, 2.24) is 15.1 Å². The molecular weight excluding hydrogens is 200 g/mol. The average Bonchev–Trinajstić information content (AvgIpc) is 2.71. The van der Waals surface area contributed by atoms with Crippen LogP contribution in [0.25, 0.3) is 10.8 Å². The predicted molar refractivity (Wildman–Crippen MR) is 52.7 cm³/mol. The fourth-order valence-electron chi connectivity index (χ4n) is 1.02. The molecule has 2 aromatic rings. The topological polar surface area (TPSA) is 77.8 Å². The second-order valence-corrected chi connectivity index (χ2v) is 3.87. The Labute approximate surface area is 85.0 Å². The zero-order valence-corrected chi connectivity index (χ0v) is 8.71. The van der Waals surface area contributed by atoms with E-state index in [2.05, 4.69) is 15.1 Å². The Hall–Kier alpha value is -1.27. The molecule has 0 aliphatic heterocycles. The molecule has 0 saturated carbocycles. The molecule has 2 rings (SSSR count). The number of rotatable bonds is 2. The van der Waals surface area contributed by atoms with Crippen LogP contribution in [0.4, 0.5) is 0 Å². The Kier molecular flexibility index (Phi) is 2.30. The molecule has 0 aliphatic rings. The lowest BCUT2D eigenvalue weighted by Gasteiger charge is -1.92. The summed E-state index contributed by atoms with van der Waals surface area (Å²) in [6.07, 6.45) is 0. The first-order valence-electron chi connectivity index (χ1n) is 4.18. The Morgan fingerprint density at radius 2 is 2.36 bits per heavy atom. The van der Waals surface area contributed by atoms with Gasteiger partial charge in [-0.2, -0.15) is 4.98 Å². The van der Waals surface area contributed by atoms with Crippen molar-refractivity contribution < 1.29 is 4.52 Å². The molecule has 0 aromatic carbocycles. The monoisotopic (exact) mass is 210 g/mol. The molecule has 5 nitrogen and oxygen atoms in total. The highest BCUT2D eigenvalue weighted by Crippen LogP contribution is 2.25. The van der Waals surface area contributed by atoms with E-state index in [4.69, 9.17) is 10.3 Å². The standard InChI is InChI=1S/C8H10N4OS/c1-4(9)7-11-8(13-12-7)6-5(2)10-3-14-6/h3-4H,9H2,1-2H3. The first-order chi connectivity index (χ1) is 6.68. The zero-order valence-electron chi connectivity index (χ0n) is 7.89. The summed E-state index contributed by atoms with van der Waals surface area (Å²) in [5, 5.41) is 3.78. The maximum Gasteiger partial charge on any atom is 0.269 e. The molecule has 0 radical (unpaired) electrons. The number of hydrogen-bond donors (Lipinski definition) is 1. The van der Waals surface area contributed by atoms with Crippen LogP contribution in [0.3, 0.4) is 0 Å². The highest BCUT2D eigenvalue weighted by Gasteiger charge is 2.14. The average molecular weight is 210 g/mol. The number of thiazole rings is 1. The third-order valence-electron chi connectivity index (χ3n) is 1.79. The van der Waals surface area contributed by atoms with Gasteiger partial charge in [-0.1, -0.05) is 5.16 Å². The van der Waals surface area contributed by atoms with Gasteiger partial charge in [0.15, 0.2) is 5.82 Å². The Morgan fingerprint density at radius 3 is 2.86 bits per heavy atom. The second kappa shape index (κ2) is 3.47. The molecule has 2 heterocycles. The molecule has 2 aromatic heterocycles. The van der Waals surface area contributed by atoms with Crippen molar-refractivity contribution in [3.8, 4) is 10.8 Å². The SMILES string of the molecule is Cc1ncsc1-c1nc(C(C)N)no1. The molecule has 1 atom stereocenters. The molecule has 0 bridgehead atoms. The van der Waals surface area contributed by atoms with Crippen molar-refractivity contribution in [2.24, 2.45) is 5.73 Å². The first-order valence-corrected chi connectivity index (χ1v) is 5.06. The van der Waals surface area contributed by atoms with Crippen LogP contribution in [0.15, 0.2) is 10.0 Å². The Balaban J connectivity index is 2.39. The summed E-state index contributed by atoms with van der Waals surface area (Å²) >= 11 is 1.48. The van der Waals surface area contributed by atoms with Crippen LogP contribution < -0.4 is 5.73 Å². The minimum atomic E-state index is -0.208. The predicted octanol–water partition coefficient (Wildman–Crippen LogP) is 1.52. The van der Waals surface area contributed by atoms with E-state index < -0.39 is 0 Å². The van der Waals surface area contributed by atoms with Crippen molar-refractivity contribution >= 4 is 11.3 Å². The molecule has 0 fully saturated rings. The number of nitrogens with two attached hydrogens (primary N) is 1. The fourth-order valence-corrected chi connectivity index (χ4v) is 1.74. The third kappa shape index (κ3) is 1.53. The molecule has 0 amide bonds. The van der Waals surface area contributed by atoms with Gasteiger partial charge in [-0.15, -0.1) is 11.3 Å². The van der Waals surface area contributed by atoms with E-state index in [-0.39, 0.29) is 6.04 Å². The molecule has 0 saturated heterocycles. The number of nitrogens with zero attached hydrogens (tertiary/aromatic N) is 3. The van der Waals surface area contributed by atoms with E-state index in [1.165, 1.54) is 11.3 Å². The smallest absolute Gasteiger partial charge is 0.269 e. The molecule has 6 heteroatoms. The lowest BCUT2D eigenvalue weighted by atomic mass is 10.3. The van der Waals surface area contributed by atoms with Gasteiger partial charge in [0.25, 0.3) is 5.89 Å². The van der Waals surface area contributed by atoms with E-state index in [0.29, 0.717) is 11.7 Å². The quantitative estimate of drug-likeness (QED) is 0.813. The van der Waals surface area contributed by atoms with Crippen LogP contribution >= 0.6 is 11.3 Å². The second-order valence-electron chi connectivity index (χ2n) is 3.01. The normalized spacial score (nSPS) is 13.1. The summed E-state index contributed by atoms with van der Waals surface area (Å²) in [5.41, 5.74) is 8.27. The Morgan fingerprint density at radius 1 is 1.57 bits per heavy atom. The van der Waals surface area contributed by atoms with Crippen LogP contribution in [0.1, 0.15) is 24.5 Å². The Bertz CT molecular complexity index is 434. The van der Waals surface area contributed by atoms with Gasteiger partial charge in [-0.3, -0.25) is 0 Å². The van der Waals surface area contributed by atoms with E-state index in [0.717, 1.165) is 10.6 Å². The molecule has 0 spiro atoms. The molecule has 74 valence electrons. The van der Waals surface area contributed by atoms with Crippen molar-refractivity contribution in [1.29, 1.82) is 0 Å². The van der Waals surface area contributed by atoms with Gasteiger partial charge in [0.05, 0.1) is 17.2 Å². The van der Waals surface area contributed by atoms with Crippen LogP contribution in [0.5, 0.6) is 0 Å². The highest BCUT2D eigenvalue weighted by atomic mass is 32.1. The molecule has 0 aliphatic carbocycles. The maximum atomic E-state index is 5.62. The van der Waals surface area contributed by atoms with E-state index in [9.17, 15) is 0 Å². The summed E-state index contributed by atoms with van der Waals surface area (Å²) < 4.78 is 5.08.